The Balaban J connectivity index is 2.00. The molecule has 19 heavy (non-hydrogen) atoms. The molecule has 1 aromatic rings. The standard InChI is InChI=1S/C17H25NO/c1-13(2)16(3)11-18-12-17(19-16)10-6-8-14-7-4-5-9-15(14)17/h4-5,7,9,13,18H,6,8,10-12H2,1-3H3. The second-order valence-electron chi connectivity index (χ2n) is 6.68. The molecule has 3 rings (SSSR count). The third-order valence-corrected chi connectivity index (χ3v) is 5.07. The number of hydrogen-bond donors (Lipinski definition) is 1. The lowest BCUT2D eigenvalue weighted by Crippen LogP contribution is -2.60. The Labute approximate surface area is 116 Å². The van der Waals surface area contributed by atoms with Crippen LogP contribution in [0.2, 0.25) is 0 Å². The molecule has 1 fully saturated rings. The topological polar surface area (TPSA) is 21.3 Å². The number of benzene rings is 1. The van der Waals surface area contributed by atoms with Crippen molar-refractivity contribution in [1.29, 1.82) is 0 Å². The van der Waals surface area contributed by atoms with E-state index in [1.807, 2.05) is 0 Å². The molecule has 1 saturated heterocycles. The Morgan fingerprint density at radius 2 is 2.00 bits per heavy atom. The van der Waals surface area contributed by atoms with Crippen LogP contribution in [0.15, 0.2) is 24.3 Å². The molecular weight excluding hydrogens is 234 g/mol. The van der Waals surface area contributed by atoms with Crippen LogP contribution in [0, 0.1) is 5.92 Å². The van der Waals surface area contributed by atoms with Gasteiger partial charge in [-0.2, -0.15) is 0 Å². The summed E-state index contributed by atoms with van der Waals surface area (Å²) in [6, 6.07) is 8.83. The van der Waals surface area contributed by atoms with Gasteiger partial charge >= 0.3 is 0 Å². The molecule has 2 atom stereocenters. The number of morpholine rings is 1. The van der Waals surface area contributed by atoms with Gasteiger partial charge in [0, 0.05) is 13.1 Å². The van der Waals surface area contributed by atoms with E-state index in [0.29, 0.717) is 5.92 Å². The average Bonchev–Trinajstić information content (AvgIpc) is 2.39. The molecule has 0 amide bonds. The van der Waals surface area contributed by atoms with E-state index in [1.54, 1.807) is 0 Å². The van der Waals surface area contributed by atoms with Gasteiger partial charge in [0.1, 0.15) is 5.60 Å². The van der Waals surface area contributed by atoms with Crippen molar-refractivity contribution < 1.29 is 4.74 Å². The van der Waals surface area contributed by atoms with Crippen molar-refractivity contribution in [1.82, 2.24) is 5.32 Å². The molecule has 0 saturated carbocycles. The number of nitrogens with one attached hydrogen (secondary N) is 1. The zero-order valence-corrected chi connectivity index (χ0v) is 12.3. The molecule has 1 heterocycles. The molecule has 0 radical (unpaired) electrons. The fraction of sp³-hybridized carbons (Fsp3) is 0.647. The third kappa shape index (κ3) is 2.11. The average molecular weight is 259 g/mol. The van der Waals surface area contributed by atoms with Crippen molar-refractivity contribution in [3.63, 3.8) is 0 Å². The predicted octanol–water partition coefficient (Wildman–Crippen LogP) is 3.25. The van der Waals surface area contributed by atoms with Crippen molar-refractivity contribution in [3.8, 4) is 0 Å². The Kier molecular flexibility index (Phi) is 3.18. The van der Waals surface area contributed by atoms with Crippen LogP contribution in [0.3, 0.4) is 0 Å². The van der Waals surface area contributed by atoms with Gasteiger partial charge in [-0.25, -0.2) is 0 Å². The van der Waals surface area contributed by atoms with Gasteiger partial charge in [0.2, 0.25) is 0 Å². The molecule has 0 aromatic heterocycles. The van der Waals surface area contributed by atoms with Crippen molar-refractivity contribution in [2.24, 2.45) is 5.92 Å². The Morgan fingerprint density at radius 1 is 1.21 bits per heavy atom. The molecule has 104 valence electrons. The van der Waals surface area contributed by atoms with Crippen LogP contribution in [0.1, 0.15) is 44.7 Å². The van der Waals surface area contributed by atoms with Gasteiger partial charge in [0.15, 0.2) is 0 Å². The van der Waals surface area contributed by atoms with Crippen LogP contribution in [-0.4, -0.2) is 18.7 Å². The lowest BCUT2D eigenvalue weighted by Gasteiger charge is -2.51. The summed E-state index contributed by atoms with van der Waals surface area (Å²) < 4.78 is 6.73. The number of hydrogen-bond acceptors (Lipinski definition) is 2. The number of rotatable bonds is 1. The maximum Gasteiger partial charge on any atom is 0.107 e. The molecule has 1 N–H and O–H groups in total. The molecule has 1 spiro atoms. The lowest BCUT2D eigenvalue weighted by molar-refractivity contribution is -0.200. The van der Waals surface area contributed by atoms with Crippen LogP contribution in [0.5, 0.6) is 0 Å². The summed E-state index contributed by atoms with van der Waals surface area (Å²) in [5, 5.41) is 3.63. The molecule has 1 aliphatic heterocycles. The molecule has 2 nitrogen and oxygen atoms in total. The van der Waals surface area contributed by atoms with E-state index in [1.165, 1.54) is 24.0 Å². The quantitative estimate of drug-likeness (QED) is 0.836. The fourth-order valence-electron chi connectivity index (χ4n) is 3.52. The van der Waals surface area contributed by atoms with E-state index < -0.39 is 0 Å². The maximum atomic E-state index is 6.73. The highest BCUT2D eigenvalue weighted by Crippen LogP contribution is 2.44. The smallest absolute Gasteiger partial charge is 0.107 e. The SMILES string of the molecule is CC(C)C1(C)CNCC2(CCCc3ccccc32)O1. The number of aryl methyl sites for hydroxylation is 1. The van der Waals surface area contributed by atoms with Gasteiger partial charge in [-0.15, -0.1) is 0 Å². The summed E-state index contributed by atoms with van der Waals surface area (Å²) >= 11 is 0. The highest BCUT2D eigenvalue weighted by atomic mass is 16.5. The molecule has 2 unspecified atom stereocenters. The zero-order valence-electron chi connectivity index (χ0n) is 12.3. The summed E-state index contributed by atoms with van der Waals surface area (Å²) in [7, 11) is 0. The lowest BCUT2D eigenvalue weighted by atomic mass is 9.76. The number of ether oxygens (including phenoxy) is 1. The van der Waals surface area contributed by atoms with Gasteiger partial charge in [-0.3, -0.25) is 0 Å². The summed E-state index contributed by atoms with van der Waals surface area (Å²) in [6.07, 6.45) is 3.56. The van der Waals surface area contributed by atoms with Gasteiger partial charge < -0.3 is 10.1 Å². The second-order valence-corrected chi connectivity index (χ2v) is 6.68. The highest BCUT2D eigenvalue weighted by Gasteiger charge is 2.47. The summed E-state index contributed by atoms with van der Waals surface area (Å²) in [5.74, 6) is 0.520. The minimum absolute atomic E-state index is 0.0668. The highest BCUT2D eigenvalue weighted by molar-refractivity contribution is 5.36. The van der Waals surface area contributed by atoms with Crippen LogP contribution >= 0.6 is 0 Å². The van der Waals surface area contributed by atoms with Gasteiger partial charge in [-0.05, 0) is 43.2 Å². The fourth-order valence-corrected chi connectivity index (χ4v) is 3.52. The van der Waals surface area contributed by atoms with Crippen molar-refractivity contribution >= 4 is 0 Å². The molecule has 2 aliphatic rings. The maximum absolute atomic E-state index is 6.73. The van der Waals surface area contributed by atoms with Crippen LogP contribution in [0.25, 0.3) is 0 Å². The van der Waals surface area contributed by atoms with E-state index in [2.05, 4.69) is 50.4 Å². The summed E-state index contributed by atoms with van der Waals surface area (Å²) in [4.78, 5) is 0. The van der Waals surface area contributed by atoms with Crippen molar-refractivity contribution in [2.45, 2.75) is 51.2 Å². The molecule has 1 aromatic carbocycles. The van der Waals surface area contributed by atoms with Gasteiger partial charge in [-0.1, -0.05) is 38.1 Å². The first-order valence-corrected chi connectivity index (χ1v) is 7.55. The largest absolute Gasteiger partial charge is 0.361 e. The monoisotopic (exact) mass is 259 g/mol. The van der Waals surface area contributed by atoms with Crippen molar-refractivity contribution in [2.75, 3.05) is 13.1 Å². The Morgan fingerprint density at radius 3 is 2.79 bits per heavy atom. The summed E-state index contributed by atoms with van der Waals surface area (Å²) in [5.41, 5.74) is 2.72. The molecule has 1 aliphatic carbocycles. The van der Waals surface area contributed by atoms with E-state index in [-0.39, 0.29) is 11.2 Å². The van der Waals surface area contributed by atoms with Crippen LogP contribution < -0.4 is 5.32 Å². The second kappa shape index (κ2) is 4.60. The first-order valence-electron chi connectivity index (χ1n) is 7.55. The first-order chi connectivity index (χ1) is 9.06. The van der Waals surface area contributed by atoms with Crippen LogP contribution in [0.4, 0.5) is 0 Å². The molecule has 2 heteroatoms. The minimum atomic E-state index is -0.105. The van der Waals surface area contributed by atoms with Crippen LogP contribution in [-0.2, 0) is 16.8 Å². The normalized spacial score (nSPS) is 34.5. The first kappa shape index (κ1) is 13.1. The minimum Gasteiger partial charge on any atom is -0.361 e. The van der Waals surface area contributed by atoms with Crippen molar-refractivity contribution in [3.05, 3.63) is 35.4 Å². The van der Waals surface area contributed by atoms with E-state index in [9.17, 15) is 0 Å². The van der Waals surface area contributed by atoms with E-state index in [0.717, 1.165) is 19.5 Å². The third-order valence-electron chi connectivity index (χ3n) is 5.07. The molecular formula is C17H25NO. The van der Waals surface area contributed by atoms with Gasteiger partial charge in [0.05, 0.1) is 5.60 Å². The molecule has 0 bridgehead atoms. The Hall–Kier alpha value is -0.860. The summed E-state index contributed by atoms with van der Waals surface area (Å²) in [6.45, 7) is 8.68. The van der Waals surface area contributed by atoms with Gasteiger partial charge in [0.25, 0.3) is 0 Å². The number of fused-ring (bicyclic) bond motifs is 2. The van der Waals surface area contributed by atoms with E-state index in [4.69, 9.17) is 4.74 Å². The van der Waals surface area contributed by atoms with E-state index >= 15 is 0 Å². The Bertz CT molecular complexity index is 470. The predicted molar refractivity (Wildman–Crippen MR) is 78.3 cm³/mol. The zero-order chi connectivity index (χ0) is 13.5.